The van der Waals surface area contributed by atoms with E-state index in [4.69, 9.17) is 10.5 Å². The molecule has 1 aliphatic rings. The molecule has 0 radical (unpaired) electrons. The van der Waals surface area contributed by atoms with Gasteiger partial charge >= 0.3 is 12.3 Å². The fraction of sp³-hybridized carbons (Fsp3) is 0.438. The quantitative estimate of drug-likeness (QED) is 0.510. The summed E-state index contributed by atoms with van der Waals surface area (Å²) in [6.45, 7) is 1.82. The second-order valence-electron chi connectivity index (χ2n) is 5.49. The highest BCUT2D eigenvalue weighted by molar-refractivity contribution is 8.00. The third kappa shape index (κ3) is 6.28. The number of nitrogens with zero attached hydrogens (tertiary/aromatic N) is 1. The minimum atomic E-state index is -4.83. The molecule has 1 saturated heterocycles. The monoisotopic (exact) mass is 442 g/mol. The molecule has 156 valence electrons. The standard InChI is InChI=1S/C16H17F3N2O5S.ClH/c1-2-25-15(24)11(20)8-27-12-7-13(22)21(14(12)23)9-3-5-10(6-4-9)26-16(17,18)19;/h3-6,11-12H,2,7-8,20H2,1H3;1H. The molecule has 2 rings (SSSR count). The van der Waals surface area contributed by atoms with Crippen molar-refractivity contribution in [3.8, 4) is 5.75 Å². The number of rotatable bonds is 7. The van der Waals surface area contributed by atoms with E-state index in [1.165, 1.54) is 12.1 Å². The number of halogens is 4. The maximum absolute atomic E-state index is 12.5. The first kappa shape index (κ1) is 24.1. The van der Waals surface area contributed by atoms with E-state index in [1.807, 2.05) is 0 Å². The minimum absolute atomic E-state index is 0. The SMILES string of the molecule is CCOC(=O)C(N)CSC1CC(=O)N(c2ccc(OC(F)(F)F)cc2)C1=O.Cl. The highest BCUT2D eigenvalue weighted by Gasteiger charge is 2.40. The number of benzene rings is 1. The molecule has 2 atom stereocenters. The van der Waals surface area contributed by atoms with E-state index in [9.17, 15) is 27.6 Å². The number of esters is 1. The number of hydrogen-bond acceptors (Lipinski definition) is 7. The van der Waals surface area contributed by atoms with Gasteiger partial charge in [0, 0.05) is 12.2 Å². The van der Waals surface area contributed by atoms with E-state index in [0.717, 1.165) is 28.8 Å². The zero-order chi connectivity index (χ0) is 20.2. The van der Waals surface area contributed by atoms with Gasteiger partial charge in [0.1, 0.15) is 11.8 Å². The fourth-order valence-corrected chi connectivity index (χ4v) is 3.42. The molecule has 1 aliphatic heterocycles. The van der Waals surface area contributed by atoms with Gasteiger partial charge in [0.05, 0.1) is 17.5 Å². The van der Waals surface area contributed by atoms with Crippen molar-refractivity contribution in [1.82, 2.24) is 0 Å². The van der Waals surface area contributed by atoms with Crippen LogP contribution in [0.4, 0.5) is 18.9 Å². The van der Waals surface area contributed by atoms with Crippen LogP contribution in [-0.2, 0) is 19.1 Å². The number of carbonyl (C=O) groups is 3. The van der Waals surface area contributed by atoms with Crippen LogP contribution in [0.2, 0.25) is 0 Å². The first-order valence-electron chi connectivity index (χ1n) is 7.88. The Morgan fingerprint density at radius 1 is 1.32 bits per heavy atom. The number of ether oxygens (including phenoxy) is 2. The van der Waals surface area contributed by atoms with E-state index in [1.54, 1.807) is 6.92 Å². The molecule has 2 unspecified atom stereocenters. The lowest BCUT2D eigenvalue weighted by molar-refractivity contribution is -0.274. The lowest BCUT2D eigenvalue weighted by atomic mass is 10.3. The molecule has 1 aromatic rings. The van der Waals surface area contributed by atoms with Crippen LogP contribution in [0, 0.1) is 0 Å². The van der Waals surface area contributed by atoms with Gasteiger partial charge in [-0.25, -0.2) is 4.90 Å². The average Bonchev–Trinajstić information content (AvgIpc) is 2.86. The molecule has 28 heavy (non-hydrogen) atoms. The van der Waals surface area contributed by atoms with Crippen molar-refractivity contribution in [1.29, 1.82) is 0 Å². The number of alkyl halides is 3. The van der Waals surface area contributed by atoms with Crippen LogP contribution in [-0.4, -0.2) is 47.8 Å². The van der Waals surface area contributed by atoms with Crippen molar-refractivity contribution >= 4 is 47.6 Å². The summed E-state index contributed by atoms with van der Waals surface area (Å²) in [6.07, 6.45) is -4.93. The molecule has 7 nitrogen and oxygen atoms in total. The molecule has 0 aromatic heterocycles. The smallest absolute Gasteiger partial charge is 0.465 e. The third-order valence-electron chi connectivity index (χ3n) is 3.50. The van der Waals surface area contributed by atoms with Crippen molar-refractivity contribution in [2.24, 2.45) is 5.73 Å². The zero-order valence-corrected chi connectivity index (χ0v) is 16.2. The topological polar surface area (TPSA) is 98.9 Å². The number of thioether (sulfide) groups is 1. The second kappa shape index (κ2) is 9.99. The van der Waals surface area contributed by atoms with Crippen LogP contribution in [0.3, 0.4) is 0 Å². The molecule has 12 heteroatoms. The number of amides is 2. The Hall–Kier alpha value is -1.98. The largest absolute Gasteiger partial charge is 0.573 e. The highest BCUT2D eigenvalue weighted by Crippen LogP contribution is 2.31. The summed E-state index contributed by atoms with van der Waals surface area (Å²) in [5.41, 5.74) is 5.80. The summed E-state index contributed by atoms with van der Waals surface area (Å²) in [6, 6.07) is 3.48. The van der Waals surface area contributed by atoms with Gasteiger partial charge in [-0.15, -0.1) is 37.3 Å². The van der Waals surface area contributed by atoms with Gasteiger partial charge in [-0.1, -0.05) is 0 Å². The zero-order valence-electron chi connectivity index (χ0n) is 14.6. The van der Waals surface area contributed by atoms with Crippen molar-refractivity contribution in [2.45, 2.75) is 31.0 Å². The molecule has 1 fully saturated rings. The predicted molar refractivity (Wildman–Crippen MR) is 98.3 cm³/mol. The summed E-state index contributed by atoms with van der Waals surface area (Å²) in [4.78, 5) is 37.0. The van der Waals surface area contributed by atoms with Gasteiger partial charge in [0.15, 0.2) is 0 Å². The Bertz CT molecular complexity index is 717. The van der Waals surface area contributed by atoms with Crippen molar-refractivity contribution < 1.29 is 37.0 Å². The number of anilines is 1. The summed E-state index contributed by atoms with van der Waals surface area (Å²) in [5, 5.41) is -0.732. The molecule has 1 aromatic carbocycles. The molecule has 2 amide bonds. The maximum atomic E-state index is 12.5. The number of carbonyl (C=O) groups excluding carboxylic acids is 3. The van der Waals surface area contributed by atoms with Gasteiger partial charge in [-0.2, -0.15) is 0 Å². The summed E-state index contributed by atoms with van der Waals surface area (Å²) >= 11 is 1.06. The number of hydrogen-bond donors (Lipinski definition) is 1. The lowest BCUT2D eigenvalue weighted by Gasteiger charge is -2.16. The highest BCUT2D eigenvalue weighted by atomic mass is 35.5. The van der Waals surface area contributed by atoms with Gasteiger partial charge in [0.25, 0.3) is 0 Å². The Morgan fingerprint density at radius 2 is 1.93 bits per heavy atom. The first-order chi connectivity index (χ1) is 12.6. The van der Waals surface area contributed by atoms with Crippen LogP contribution < -0.4 is 15.4 Å². The van der Waals surface area contributed by atoms with Crippen LogP contribution in [0.1, 0.15) is 13.3 Å². The molecule has 0 aliphatic carbocycles. The van der Waals surface area contributed by atoms with Crippen molar-refractivity contribution in [3.63, 3.8) is 0 Å². The van der Waals surface area contributed by atoms with Crippen LogP contribution in [0.25, 0.3) is 0 Å². The second-order valence-corrected chi connectivity index (χ2v) is 6.73. The van der Waals surface area contributed by atoms with E-state index < -0.39 is 41.2 Å². The van der Waals surface area contributed by atoms with Gasteiger partial charge in [-0.3, -0.25) is 14.4 Å². The normalized spacial score (nSPS) is 17.9. The number of imide groups is 1. The molecule has 0 spiro atoms. The van der Waals surface area contributed by atoms with E-state index >= 15 is 0 Å². The van der Waals surface area contributed by atoms with E-state index in [-0.39, 0.29) is 36.9 Å². The van der Waals surface area contributed by atoms with Crippen LogP contribution >= 0.6 is 24.2 Å². The number of nitrogens with two attached hydrogens (primary N) is 1. The Labute approximate surface area is 169 Å². The Kier molecular flexibility index (Phi) is 8.58. The molecular weight excluding hydrogens is 425 g/mol. The minimum Gasteiger partial charge on any atom is -0.465 e. The van der Waals surface area contributed by atoms with Crippen LogP contribution in [0.15, 0.2) is 24.3 Å². The fourth-order valence-electron chi connectivity index (χ4n) is 2.34. The van der Waals surface area contributed by atoms with E-state index in [0.29, 0.717) is 0 Å². The lowest BCUT2D eigenvalue weighted by Crippen LogP contribution is -2.36. The molecular formula is C16H18ClF3N2O5S. The summed E-state index contributed by atoms with van der Waals surface area (Å²) in [7, 11) is 0. The molecule has 1 heterocycles. The summed E-state index contributed by atoms with van der Waals surface area (Å²) in [5.74, 6) is -1.98. The van der Waals surface area contributed by atoms with Gasteiger partial charge in [-0.05, 0) is 31.2 Å². The predicted octanol–water partition coefficient (Wildman–Crippen LogP) is 2.26. The Morgan fingerprint density at radius 3 is 2.46 bits per heavy atom. The maximum Gasteiger partial charge on any atom is 0.573 e. The average molecular weight is 443 g/mol. The molecule has 0 saturated carbocycles. The first-order valence-corrected chi connectivity index (χ1v) is 8.93. The van der Waals surface area contributed by atoms with Crippen molar-refractivity contribution in [2.75, 3.05) is 17.3 Å². The van der Waals surface area contributed by atoms with E-state index in [2.05, 4.69) is 4.74 Å². The Balaban J connectivity index is 0.00000392. The van der Waals surface area contributed by atoms with Crippen LogP contribution in [0.5, 0.6) is 5.75 Å². The van der Waals surface area contributed by atoms with Gasteiger partial charge in [0.2, 0.25) is 11.8 Å². The summed E-state index contributed by atoms with van der Waals surface area (Å²) < 4.78 is 45.1. The third-order valence-corrected chi connectivity index (χ3v) is 4.82. The van der Waals surface area contributed by atoms with Crippen molar-refractivity contribution in [3.05, 3.63) is 24.3 Å². The molecule has 0 bridgehead atoms. The molecule has 2 N–H and O–H groups in total. The van der Waals surface area contributed by atoms with Gasteiger partial charge < -0.3 is 15.2 Å².